The van der Waals surface area contributed by atoms with E-state index in [-0.39, 0.29) is 0 Å². The molecule has 1 aliphatic heterocycles. The van der Waals surface area contributed by atoms with Crippen molar-refractivity contribution in [2.75, 3.05) is 24.5 Å². The summed E-state index contributed by atoms with van der Waals surface area (Å²) >= 11 is 0. The van der Waals surface area contributed by atoms with E-state index in [9.17, 15) is 0 Å². The Kier molecular flexibility index (Phi) is 3.72. The van der Waals surface area contributed by atoms with Crippen LogP contribution in [-0.2, 0) is 0 Å². The topological polar surface area (TPSA) is 19.4 Å². The summed E-state index contributed by atoms with van der Waals surface area (Å²) in [6.45, 7) is 5.63. The van der Waals surface area contributed by atoms with Crippen LogP contribution in [0.2, 0.25) is 0 Å². The molecule has 1 atom stereocenters. The molecule has 0 bridgehead atoms. The number of aromatic nitrogens is 1. The lowest BCUT2D eigenvalue weighted by molar-refractivity contribution is 0.229. The van der Waals surface area contributed by atoms with E-state index < -0.39 is 0 Å². The van der Waals surface area contributed by atoms with Crippen LogP contribution in [0.5, 0.6) is 0 Å². The molecule has 3 nitrogen and oxygen atoms in total. The molecule has 3 heteroatoms. The van der Waals surface area contributed by atoms with Gasteiger partial charge in [-0.05, 0) is 44.7 Å². The summed E-state index contributed by atoms with van der Waals surface area (Å²) in [7, 11) is 0. The molecule has 0 amide bonds. The van der Waals surface area contributed by atoms with E-state index in [0.717, 1.165) is 25.5 Å². The van der Waals surface area contributed by atoms with Crippen molar-refractivity contribution < 1.29 is 0 Å². The number of nitrogens with zero attached hydrogens (tertiary/aromatic N) is 3. The normalized spacial score (nSPS) is 24.3. The van der Waals surface area contributed by atoms with Gasteiger partial charge in [-0.1, -0.05) is 12.1 Å². The van der Waals surface area contributed by atoms with Gasteiger partial charge in [-0.15, -0.1) is 0 Å². The van der Waals surface area contributed by atoms with E-state index in [4.69, 9.17) is 0 Å². The summed E-state index contributed by atoms with van der Waals surface area (Å²) < 4.78 is 0. The molecular formula is C16H23N3. The van der Waals surface area contributed by atoms with Crippen LogP contribution in [0.4, 0.5) is 5.82 Å². The zero-order valence-corrected chi connectivity index (χ0v) is 11.8. The smallest absolute Gasteiger partial charge is 0.128 e. The maximum absolute atomic E-state index is 4.47. The molecule has 1 saturated heterocycles. The molecule has 0 aromatic carbocycles. The first kappa shape index (κ1) is 12.5. The number of hydrogen-bond acceptors (Lipinski definition) is 3. The lowest BCUT2D eigenvalue weighted by Gasteiger charge is -2.43. The molecule has 1 aromatic heterocycles. The Hall–Kier alpha value is -1.51. The van der Waals surface area contributed by atoms with Crippen molar-refractivity contribution in [3.05, 3.63) is 36.2 Å². The average Bonchev–Trinajstić information content (AvgIpc) is 2.49. The van der Waals surface area contributed by atoms with Gasteiger partial charge in [0.25, 0.3) is 0 Å². The Morgan fingerprint density at radius 2 is 2.16 bits per heavy atom. The maximum Gasteiger partial charge on any atom is 0.128 e. The Morgan fingerprint density at radius 1 is 1.21 bits per heavy atom. The van der Waals surface area contributed by atoms with Crippen LogP contribution in [0.15, 0.2) is 36.2 Å². The number of pyridine rings is 1. The van der Waals surface area contributed by atoms with Gasteiger partial charge in [0.2, 0.25) is 0 Å². The van der Waals surface area contributed by atoms with Crippen molar-refractivity contribution in [3.8, 4) is 0 Å². The van der Waals surface area contributed by atoms with Gasteiger partial charge in [0.05, 0.1) is 0 Å². The molecule has 19 heavy (non-hydrogen) atoms. The third-order valence-corrected chi connectivity index (χ3v) is 4.24. The highest BCUT2D eigenvalue weighted by Gasteiger charge is 2.26. The molecule has 2 aliphatic rings. The highest BCUT2D eigenvalue weighted by Crippen LogP contribution is 2.26. The number of hydrogen-bond donors (Lipinski definition) is 0. The quantitative estimate of drug-likeness (QED) is 0.811. The third kappa shape index (κ3) is 2.75. The molecule has 1 aromatic rings. The fourth-order valence-corrected chi connectivity index (χ4v) is 3.22. The lowest BCUT2D eigenvalue weighted by atomic mass is 10.0. The van der Waals surface area contributed by atoms with Gasteiger partial charge in [0.1, 0.15) is 5.82 Å². The average molecular weight is 257 g/mol. The summed E-state index contributed by atoms with van der Waals surface area (Å²) in [4.78, 5) is 9.48. The van der Waals surface area contributed by atoms with Gasteiger partial charge >= 0.3 is 0 Å². The lowest BCUT2D eigenvalue weighted by Crippen LogP contribution is -2.51. The van der Waals surface area contributed by atoms with E-state index in [0.29, 0.717) is 6.04 Å². The second-order valence-corrected chi connectivity index (χ2v) is 5.62. The Balaban J connectivity index is 1.67. The standard InChI is InChI=1S/C16H23N3/c1-14-13-18(16-9-5-6-10-17-16)11-12-19(14)15-7-3-2-4-8-15/h5-7,9-10,14H,2-4,8,11-13H2,1H3. The van der Waals surface area contributed by atoms with Crippen molar-refractivity contribution in [2.45, 2.75) is 38.6 Å². The third-order valence-electron chi connectivity index (χ3n) is 4.24. The van der Waals surface area contributed by atoms with Gasteiger partial charge < -0.3 is 9.80 Å². The number of anilines is 1. The summed E-state index contributed by atoms with van der Waals surface area (Å²) in [5.74, 6) is 1.12. The van der Waals surface area contributed by atoms with Crippen molar-refractivity contribution in [1.29, 1.82) is 0 Å². The van der Waals surface area contributed by atoms with Gasteiger partial charge in [-0.2, -0.15) is 0 Å². The van der Waals surface area contributed by atoms with E-state index in [1.807, 2.05) is 12.3 Å². The highest BCUT2D eigenvalue weighted by atomic mass is 15.3. The summed E-state index contributed by atoms with van der Waals surface area (Å²) in [6, 6.07) is 6.75. The van der Waals surface area contributed by atoms with Crippen LogP contribution in [0.3, 0.4) is 0 Å². The largest absolute Gasteiger partial charge is 0.369 e. The molecule has 0 N–H and O–H groups in total. The van der Waals surface area contributed by atoms with Crippen LogP contribution in [0, 0.1) is 0 Å². The second-order valence-electron chi connectivity index (χ2n) is 5.62. The molecule has 1 aliphatic carbocycles. The highest BCUT2D eigenvalue weighted by molar-refractivity contribution is 5.39. The molecule has 0 spiro atoms. The second kappa shape index (κ2) is 5.64. The van der Waals surface area contributed by atoms with Gasteiger partial charge in [-0.25, -0.2) is 4.98 Å². The first-order valence-corrected chi connectivity index (χ1v) is 7.46. The van der Waals surface area contributed by atoms with Crippen LogP contribution in [0.1, 0.15) is 32.6 Å². The van der Waals surface area contributed by atoms with Crippen LogP contribution in [-0.4, -0.2) is 35.6 Å². The maximum atomic E-state index is 4.47. The Morgan fingerprint density at radius 3 is 2.84 bits per heavy atom. The van der Waals surface area contributed by atoms with Crippen LogP contribution < -0.4 is 4.90 Å². The molecule has 1 unspecified atom stereocenters. The van der Waals surface area contributed by atoms with Crippen LogP contribution >= 0.6 is 0 Å². The van der Waals surface area contributed by atoms with Crippen molar-refractivity contribution in [1.82, 2.24) is 9.88 Å². The predicted octanol–water partition coefficient (Wildman–Crippen LogP) is 3.05. The van der Waals surface area contributed by atoms with Gasteiger partial charge in [-0.3, -0.25) is 0 Å². The zero-order valence-electron chi connectivity index (χ0n) is 11.8. The summed E-state index contributed by atoms with van der Waals surface area (Å²) in [6.07, 6.45) is 9.60. The number of piperazine rings is 1. The Bertz CT molecular complexity index is 441. The van der Waals surface area contributed by atoms with E-state index in [2.05, 4.69) is 39.9 Å². The SMILES string of the molecule is CC1CN(c2ccccn2)CCN1C1=CCCCC1. The minimum absolute atomic E-state index is 0.583. The molecule has 0 radical (unpaired) electrons. The fraction of sp³-hybridized carbons (Fsp3) is 0.562. The molecule has 0 saturated carbocycles. The van der Waals surface area contributed by atoms with E-state index >= 15 is 0 Å². The van der Waals surface area contributed by atoms with Crippen molar-refractivity contribution >= 4 is 5.82 Å². The minimum atomic E-state index is 0.583. The first-order chi connectivity index (χ1) is 9.34. The van der Waals surface area contributed by atoms with Gasteiger partial charge in [0.15, 0.2) is 0 Å². The van der Waals surface area contributed by atoms with E-state index in [1.165, 1.54) is 25.7 Å². The fourth-order valence-electron chi connectivity index (χ4n) is 3.22. The molecule has 102 valence electrons. The minimum Gasteiger partial charge on any atom is -0.369 e. The molecule has 2 heterocycles. The number of rotatable bonds is 2. The van der Waals surface area contributed by atoms with Crippen molar-refractivity contribution in [2.24, 2.45) is 0 Å². The van der Waals surface area contributed by atoms with Crippen LogP contribution in [0.25, 0.3) is 0 Å². The molecule has 3 rings (SSSR count). The van der Waals surface area contributed by atoms with E-state index in [1.54, 1.807) is 5.70 Å². The monoisotopic (exact) mass is 257 g/mol. The first-order valence-electron chi connectivity index (χ1n) is 7.46. The molecular weight excluding hydrogens is 234 g/mol. The van der Waals surface area contributed by atoms with Crippen molar-refractivity contribution in [3.63, 3.8) is 0 Å². The molecule has 1 fully saturated rings. The summed E-state index contributed by atoms with van der Waals surface area (Å²) in [5, 5.41) is 0. The summed E-state index contributed by atoms with van der Waals surface area (Å²) in [5.41, 5.74) is 1.58. The zero-order chi connectivity index (χ0) is 13.1. The Labute approximate surface area is 115 Å². The predicted molar refractivity (Wildman–Crippen MR) is 79.2 cm³/mol. The number of allylic oxidation sites excluding steroid dienone is 2. The van der Waals surface area contributed by atoms with Gasteiger partial charge in [0, 0.05) is 37.6 Å².